The molecule has 0 fully saturated rings. The number of halogens is 4. The van der Waals surface area contributed by atoms with E-state index in [1.165, 1.54) is 0 Å². The second-order valence-electron chi connectivity index (χ2n) is 3.67. The summed E-state index contributed by atoms with van der Waals surface area (Å²) in [7, 11) is 0. The van der Waals surface area contributed by atoms with Gasteiger partial charge in [0.05, 0.1) is 10.0 Å². The molecule has 0 bridgehead atoms. The van der Waals surface area contributed by atoms with Crippen LogP contribution in [0.3, 0.4) is 0 Å². The van der Waals surface area contributed by atoms with E-state index in [9.17, 15) is 13.2 Å². The summed E-state index contributed by atoms with van der Waals surface area (Å²) in [5, 5.41) is 0. The molecule has 2 aromatic rings. The molecule has 0 atom stereocenters. The van der Waals surface area contributed by atoms with E-state index in [1.54, 1.807) is 18.2 Å². The summed E-state index contributed by atoms with van der Waals surface area (Å²) in [6.45, 7) is 0. The number of benzene rings is 1. The van der Waals surface area contributed by atoms with Gasteiger partial charge in [-0.3, -0.25) is 0 Å². The van der Waals surface area contributed by atoms with E-state index < -0.39 is 11.7 Å². The standard InChI is InChI=1S/C12H8BrF3N2O/c13-9-3-2-8(17)5-10(9)19-11-4-1-7(6-18-11)12(14,15)16/h1-6H,17H2. The molecular formula is C12H8BrF3N2O. The molecule has 0 saturated heterocycles. The maximum Gasteiger partial charge on any atom is 0.417 e. The van der Waals surface area contributed by atoms with Crippen molar-refractivity contribution in [3.05, 3.63) is 46.6 Å². The molecule has 1 aromatic heterocycles. The van der Waals surface area contributed by atoms with E-state index in [1.807, 2.05) is 0 Å². The van der Waals surface area contributed by atoms with Crippen molar-refractivity contribution in [3.63, 3.8) is 0 Å². The van der Waals surface area contributed by atoms with Crippen LogP contribution < -0.4 is 10.5 Å². The highest BCUT2D eigenvalue weighted by molar-refractivity contribution is 9.10. The zero-order chi connectivity index (χ0) is 14.0. The van der Waals surface area contributed by atoms with Gasteiger partial charge in [0.2, 0.25) is 5.88 Å². The summed E-state index contributed by atoms with van der Waals surface area (Å²) >= 11 is 3.25. The van der Waals surface area contributed by atoms with Crippen LogP contribution in [-0.2, 0) is 6.18 Å². The van der Waals surface area contributed by atoms with E-state index >= 15 is 0 Å². The van der Waals surface area contributed by atoms with Crippen LogP contribution in [0.5, 0.6) is 11.6 Å². The van der Waals surface area contributed by atoms with E-state index in [0.29, 0.717) is 15.9 Å². The minimum atomic E-state index is -4.41. The number of hydrogen-bond acceptors (Lipinski definition) is 3. The van der Waals surface area contributed by atoms with Crippen LogP contribution in [0.25, 0.3) is 0 Å². The maximum atomic E-state index is 12.4. The van der Waals surface area contributed by atoms with Crippen molar-refractivity contribution in [2.24, 2.45) is 0 Å². The first-order chi connectivity index (χ1) is 8.86. The van der Waals surface area contributed by atoms with Gasteiger partial charge in [-0.2, -0.15) is 13.2 Å². The Kier molecular flexibility index (Phi) is 3.66. The number of rotatable bonds is 2. The van der Waals surface area contributed by atoms with Crippen LogP contribution in [0, 0.1) is 0 Å². The molecule has 0 saturated carbocycles. The van der Waals surface area contributed by atoms with E-state index in [-0.39, 0.29) is 5.88 Å². The number of anilines is 1. The average Bonchev–Trinajstić information content (AvgIpc) is 2.33. The van der Waals surface area contributed by atoms with Gasteiger partial charge in [-0.1, -0.05) is 0 Å². The predicted molar refractivity (Wildman–Crippen MR) is 67.9 cm³/mol. The molecular weight excluding hydrogens is 325 g/mol. The molecule has 7 heteroatoms. The van der Waals surface area contributed by atoms with Gasteiger partial charge in [0.15, 0.2) is 0 Å². The summed E-state index contributed by atoms with van der Waals surface area (Å²) in [5.74, 6) is 0.437. The molecule has 1 aromatic carbocycles. The third kappa shape index (κ3) is 3.37. The minimum absolute atomic E-state index is 0.0549. The Morgan fingerprint density at radius 2 is 1.89 bits per heavy atom. The van der Waals surface area contributed by atoms with Crippen molar-refractivity contribution in [3.8, 4) is 11.6 Å². The average molecular weight is 333 g/mol. The molecule has 3 nitrogen and oxygen atoms in total. The zero-order valence-electron chi connectivity index (χ0n) is 9.41. The largest absolute Gasteiger partial charge is 0.438 e. The van der Waals surface area contributed by atoms with E-state index in [4.69, 9.17) is 10.5 Å². The van der Waals surface area contributed by atoms with Crippen LogP contribution >= 0.6 is 15.9 Å². The van der Waals surface area contributed by atoms with Crippen molar-refractivity contribution in [1.82, 2.24) is 4.98 Å². The van der Waals surface area contributed by atoms with Crippen LogP contribution in [-0.4, -0.2) is 4.98 Å². The van der Waals surface area contributed by atoms with Crippen molar-refractivity contribution < 1.29 is 17.9 Å². The van der Waals surface area contributed by atoms with Crippen LogP contribution in [0.4, 0.5) is 18.9 Å². The first kappa shape index (κ1) is 13.7. The monoisotopic (exact) mass is 332 g/mol. The third-order valence-electron chi connectivity index (χ3n) is 2.23. The van der Waals surface area contributed by atoms with Crippen molar-refractivity contribution in [1.29, 1.82) is 0 Å². The second-order valence-corrected chi connectivity index (χ2v) is 4.53. The van der Waals surface area contributed by atoms with Crippen molar-refractivity contribution in [2.75, 3.05) is 5.73 Å². The molecule has 2 N–H and O–H groups in total. The highest BCUT2D eigenvalue weighted by atomic mass is 79.9. The Balaban J connectivity index is 2.22. The Morgan fingerprint density at radius 3 is 2.47 bits per heavy atom. The predicted octanol–water partition coefficient (Wildman–Crippen LogP) is 4.24. The van der Waals surface area contributed by atoms with Crippen molar-refractivity contribution >= 4 is 21.6 Å². The molecule has 2 rings (SSSR count). The summed E-state index contributed by atoms with van der Waals surface area (Å²) in [4.78, 5) is 3.61. The number of nitrogen functional groups attached to an aromatic ring is 1. The van der Waals surface area contributed by atoms with Gasteiger partial charge in [-0.05, 0) is 34.1 Å². The van der Waals surface area contributed by atoms with Gasteiger partial charge in [-0.25, -0.2) is 4.98 Å². The lowest BCUT2D eigenvalue weighted by Gasteiger charge is -2.09. The van der Waals surface area contributed by atoms with Gasteiger partial charge in [0, 0.05) is 24.0 Å². The number of alkyl halides is 3. The Labute approximate surface area is 115 Å². The van der Waals surface area contributed by atoms with Crippen molar-refractivity contribution in [2.45, 2.75) is 6.18 Å². The smallest absolute Gasteiger partial charge is 0.417 e. The molecule has 0 aliphatic rings. The summed E-state index contributed by atoms with van der Waals surface area (Å²) in [5.41, 5.74) is 5.24. The first-order valence-corrected chi connectivity index (χ1v) is 5.92. The Bertz CT molecular complexity index is 585. The van der Waals surface area contributed by atoms with Gasteiger partial charge < -0.3 is 10.5 Å². The number of ether oxygens (including phenoxy) is 1. The summed E-state index contributed by atoms with van der Waals surface area (Å²) < 4.78 is 43.1. The number of nitrogens with two attached hydrogens (primary N) is 1. The summed E-state index contributed by atoms with van der Waals surface area (Å²) in [6, 6.07) is 6.94. The number of nitrogens with zero attached hydrogens (tertiary/aromatic N) is 1. The molecule has 19 heavy (non-hydrogen) atoms. The molecule has 100 valence electrons. The van der Waals surface area contributed by atoms with Crippen LogP contribution in [0.1, 0.15) is 5.56 Å². The highest BCUT2D eigenvalue weighted by Crippen LogP contribution is 2.32. The molecule has 1 heterocycles. The normalized spacial score (nSPS) is 11.4. The number of aromatic nitrogens is 1. The van der Waals surface area contributed by atoms with E-state index in [0.717, 1.165) is 18.3 Å². The molecule has 0 unspecified atom stereocenters. The lowest BCUT2D eigenvalue weighted by Crippen LogP contribution is -2.05. The van der Waals surface area contributed by atoms with Crippen LogP contribution in [0.15, 0.2) is 41.0 Å². The molecule has 0 aliphatic carbocycles. The molecule has 0 radical (unpaired) electrons. The minimum Gasteiger partial charge on any atom is -0.438 e. The fourth-order valence-electron chi connectivity index (χ4n) is 1.32. The quantitative estimate of drug-likeness (QED) is 0.837. The van der Waals surface area contributed by atoms with Gasteiger partial charge in [0.1, 0.15) is 5.75 Å². The Hall–Kier alpha value is -1.76. The van der Waals surface area contributed by atoms with E-state index in [2.05, 4.69) is 20.9 Å². The summed E-state index contributed by atoms with van der Waals surface area (Å²) in [6.07, 6.45) is -3.70. The van der Waals surface area contributed by atoms with Crippen LogP contribution in [0.2, 0.25) is 0 Å². The fourth-order valence-corrected chi connectivity index (χ4v) is 1.65. The third-order valence-corrected chi connectivity index (χ3v) is 2.89. The van der Waals surface area contributed by atoms with Gasteiger partial charge >= 0.3 is 6.18 Å². The number of hydrogen-bond donors (Lipinski definition) is 1. The Morgan fingerprint density at radius 1 is 1.16 bits per heavy atom. The van der Waals surface area contributed by atoms with Gasteiger partial charge in [0.25, 0.3) is 0 Å². The highest BCUT2D eigenvalue weighted by Gasteiger charge is 2.30. The second kappa shape index (κ2) is 5.08. The van der Waals surface area contributed by atoms with Gasteiger partial charge in [-0.15, -0.1) is 0 Å². The molecule has 0 spiro atoms. The first-order valence-electron chi connectivity index (χ1n) is 5.12. The molecule has 0 amide bonds. The lowest BCUT2D eigenvalue weighted by atomic mass is 10.3. The SMILES string of the molecule is Nc1ccc(Br)c(Oc2ccc(C(F)(F)F)cn2)c1. The topological polar surface area (TPSA) is 48.1 Å². The zero-order valence-corrected chi connectivity index (χ0v) is 11.0. The lowest BCUT2D eigenvalue weighted by molar-refractivity contribution is -0.137. The number of pyridine rings is 1. The molecule has 0 aliphatic heterocycles. The fraction of sp³-hybridized carbons (Fsp3) is 0.0833. The maximum absolute atomic E-state index is 12.4.